The second kappa shape index (κ2) is 10.3. The first-order chi connectivity index (χ1) is 4.68. The third-order valence-corrected chi connectivity index (χ3v) is 0.299. The lowest BCUT2D eigenvalue weighted by atomic mass is 10.7. The summed E-state index contributed by atoms with van der Waals surface area (Å²) in [7, 11) is 0. The van der Waals surface area contributed by atoms with Crippen molar-refractivity contribution in [3.8, 4) is 0 Å². The standard InChI is InChI=1S/C3H4O2.CH4N4/c1-2-3(4)5;2-4-1-5-3/h2H,1H2,(H,4,5);1-2H,3H2. The molecule has 0 atom stereocenters. The van der Waals surface area contributed by atoms with Gasteiger partial charge in [0.25, 0.3) is 0 Å². The molecule has 0 aromatic heterocycles. The second-order valence-corrected chi connectivity index (χ2v) is 0.936. The van der Waals surface area contributed by atoms with E-state index in [1.54, 1.807) is 0 Å². The van der Waals surface area contributed by atoms with Gasteiger partial charge < -0.3 is 10.9 Å². The van der Waals surface area contributed by atoms with Gasteiger partial charge in [0.1, 0.15) is 0 Å². The average molecular weight is 144 g/mol. The van der Waals surface area contributed by atoms with Crippen molar-refractivity contribution in [2.45, 2.75) is 0 Å². The van der Waals surface area contributed by atoms with Crippen LogP contribution in [-0.4, -0.2) is 17.4 Å². The SMILES string of the molecule is C=CC(=O)O.N=NC=NN. The summed E-state index contributed by atoms with van der Waals surface area (Å²) in [5, 5.41) is 13.2. The number of rotatable bonds is 2. The predicted octanol–water partition coefficient (Wildman–Crippen LogP) is 0.176. The van der Waals surface area contributed by atoms with E-state index < -0.39 is 5.97 Å². The molecule has 0 aromatic carbocycles. The molecule has 0 spiro atoms. The highest BCUT2D eigenvalue weighted by molar-refractivity contribution is 5.78. The van der Waals surface area contributed by atoms with Crippen LogP contribution in [0.1, 0.15) is 0 Å². The van der Waals surface area contributed by atoms with Crippen molar-refractivity contribution in [3.63, 3.8) is 0 Å². The highest BCUT2D eigenvalue weighted by Crippen LogP contribution is 1.54. The second-order valence-electron chi connectivity index (χ2n) is 0.936. The van der Waals surface area contributed by atoms with Gasteiger partial charge in [-0.1, -0.05) is 6.58 Å². The summed E-state index contributed by atoms with van der Waals surface area (Å²) in [5.74, 6) is 3.51. The lowest BCUT2D eigenvalue weighted by Crippen LogP contribution is -1.82. The smallest absolute Gasteiger partial charge is 0.327 e. The Morgan fingerprint density at radius 1 is 1.80 bits per heavy atom. The van der Waals surface area contributed by atoms with Crippen LogP contribution in [0.15, 0.2) is 22.9 Å². The molecule has 0 aliphatic heterocycles. The highest BCUT2D eigenvalue weighted by Gasteiger charge is 1.73. The monoisotopic (exact) mass is 144 g/mol. The third kappa shape index (κ3) is 33.7. The summed E-state index contributed by atoms with van der Waals surface area (Å²) in [6.07, 6.45) is 1.78. The molecular weight excluding hydrogens is 136 g/mol. The van der Waals surface area contributed by atoms with Gasteiger partial charge in [-0.25, -0.2) is 10.3 Å². The minimum Gasteiger partial charge on any atom is -0.478 e. The van der Waals surface area contributed by atoms with E-state index in [0.29, 0.717) is 0 Å². The number of hydrogen-bond donors (Lipinski definition) is 3. The zero-order valence-electron chi connectivity index (χ0n) is 5.19. The van der Waals surface area contributed by atoms with E-state index in [1.807, 2.05) is 0 Å². The van der Waals surface area contributed by atoms with Crippen molar-refractivity contribution in [2.24, 2.45) is 16.1 Å². The lowest BCUT2D eigenvalue weighted by molar-refractivity contribution is -0.131. The van der Waals surface area contributed by atoms with Gasteiger partial charge in [0, 0.05) is 6.08 Å². The first-order valence-electron chi connectivity index (χ1n) is 2.12. The molecule has 0 heterocycles. The summed E-state index contributed by atoms with van der Waals surface area (Å²) < 4.78 is 0. The number of nitrogens with zero attached hydrogens (tertiary/aromatic N) is 2. The number of nitrogens with one attached hydrogen (secondary N) is 1. The Hall–Kier alpha value is -1.72. The van der Waals surface area contributed by atoms with E-state index in [9.17, 15) is 4.79 Å². The van der Waals surface area contributed by atoms with Gasteiger partial charge in [-0.15, -0.1) is 5.11 Å². The van der Waals surface area contributed by atoms with Crippen LogP contribution in [0.2, 0.25) is 0 Å². The van der Waals surface area contributed by atoms with Crippen molar-refractivity contribution >= 4 is 12.3 Å². The zero-order chi connectivity index (χ0) is 8.41. The predicted molar refractivity (Wildman–Crippen MR) is 35.7 cm³/mol. The Kier molecular flexibility index (Phi) is 11.5. The molecule has 0 saturated heterocycles. The van der Waals surface area contributed by atoms with E-state index >= 15 is 0 Å². The zero-order valence-corrected chi connectivity index (χ0v) is 5.19. The first kappa shape index (κ1) is 11.1. The van der Waals surface area contributed by atoms with Gasteiger partial charge in [-0.2, -0.15) is 5.10 Å². The van der Waals surface area contributed by atoms with Gasteiger partial charge >= 0.3 is 5.97 Å². The van der Waals surface area contributed by atoms with Gasteiger partial charge in [-0.05, 0) is 0 Å². The number of hydrazone groups is 1. The van der Waals surface area contributed by atoms with E-state index in [-0.39, 0.29) is 0 Å². The molecule has 56 valence electrons. The fourth-order valence-corrected chi connectivity index (χ4v) is 0.0333. The van der Waals surface area contributed by atoms with Crippen molar-refractivity contribution in [1.82, 2.24) is 0 Å². The van der Waals surface area contributed by atoms with Crippen molar-refractivity contribution in [1.29, 1.82) is 5.53 Å². The molecule has 0 rings (SSSR count). The molecule has 0 radical (unpaired) electrons. The molecular formula is C4H8N4O2. The third-order valence-electron chi connectivity index (χ3n) is 0.299. The van der Waals surface area contributed by atoms with Gasteiger partial charge in [0.15, 0.2) is 6.34 Å². The van der Waals surface area contributed by atoms with Crippen LogP contribution in [0.3, 0.4) is 0 Å². The molecule has 0 aliphatic rings. The maximum Gasteiger partial charge on any atom is 0.327 e. The maximum atomic E-state index is 9.25. The van der Waals surface area contributed by atoms with Gasteiger partial charge in [0.05, 0.1) is 0 Å². The van der Waals surface area contributed by atoms with Crippen molar-refractivity contribution in [2.75, 3.05) is 0 Å². The van der Waals surface area contributed by atoms with Crippen LogP contribution in [-0.2, 0) is 4.79 Å². The highest BCUT2D eigenvalue weighted by atomic mass is 16.4. The average Bonchev–Trinajstić information content (AvgIpc) is 1.91. The van der Waals surface area contributed by atoms with E-state index in [1.165, 1.54) is 0 Å². The lowest BCUT2D eigenvalue weighted by Gasteiger charge is -1.64. The van der Waals surface area contributed by atoms with Crippen LogP contribution >= 0.6 is 0 Å². The Balaban J connectivity index is 0. The minimum atomic E-state index is -0.981. The number of carboxylic acid groups (broad SMARTS) is 1. The fourth-order valence-electron chi connectivity index (χ4n) is 0.0333. The Bertz CT molecular complexity index is 142. The van der Waals surface area contributed by atoms with Crippen LogP contribution < -0.4 is 5.84 Å². The summed E-state index contributed by atoms with van der Waals surface area (Å²) in [6, 6.07) is 0. The molecule has 0 unspecified atom stereocenters. The molecule has 0 fully saturated rings. The Morgan fingerprint density at radius 2 is 2.20 bits per heavy atom. The number of carboxylic acids is 1. The maximum absolute atomic E-state index is 9.25. The van der Waals surface area contributed by atoms with Crippen LogP contribution in [0.25, 0.3) is 0 Å². The van der Waals surface area contributed by atoms with Crippen LogP contribution in [0.5, 0.6) is 0 Å². The van der Waals surface area contributed by atoms with Crippen molar-refractivity contribution < 1.29 is 9.90 Å². The number of nitrogens with two attached hydrogens (primary N) is 1. The quantitative estimate of drug-likeness (QED) is 0.128. The van der Waals surface area contributed by atoms with Crippen LogP contribution in [0, 0.1) is 5.53 Å². The molecule has 4 N–H and O–H groups in total. The summed E-state index contributed by atoms with van der Waals surface area (Å²) in [6.45, 7) is 2.96. The molecule has 6 nitrogen and oxygen atoms in total. The van der Waals surface area contributed by atoms with Crippen LogP contribution in [0.4, 0.5) is 0 Å². The number of hydrogen-bond acceptors (Lipinski definition) is 4. The van der Waals surface area contributed by atoms with Gasteiger partial charge in [-0.3, -0.25) is 0 Å². The molecule has 6 heteroatoms. The Morgan fingerprint density at radius 3 is 2.20 bits per heavy atom. The minimum absolute atomic E-state index is 0.833. The Labute approximate surface area is 57.5 Å². The molecule has 0 amide bonds. The van der Waals surface area contributed by atoms with Gasteiger partial charge in [0.2, 0.25) is 0 Å². The summed E-state index contributed by atoms with van der Waals surface area (Å²) >= 11 is 0. The molecule has 0 saturated carbocycles. The molecule has 0 aliphatic carbocycles. The fraction of sp³-hybridized carbons (Fsp3) is 0. The molecule has 0 aromatic rings. The number of aliphatic carboxylic acids is 1. The molecule has 0 bridgehead atoms. The largest absolute Gasteiger partial charge is 0.478 e. The first-order valence-corrected chi connectivity index (χ1v) is 2.12. The van der Waals surface area contributed by atoms with E-state index in [0.717, 1.165) is 12.4 Å². The normalized spacial score (nSPS) is 7.60. The van der Waals surface area contributed by atoms with E-state index in [2.05, 4.69) is 22.6 Å². The summed E-state index contributed by atoms with van der Waals surface area (Å²) in [5.41, 5.74) is 6.00. The topological polar surface area (TPSA) is 112 Å². The van der Waals surface area contributed by atoms with Crippen molar-refractivity contribution in [3.05, 3.63) is 12.7 Å². The molecule has 10 heavy (non-hydrogen) atoms. The summed E-state index contributed by atoms with van der Waals surface area (Å²) in [4.78, 5) is 9.25. The number of carbonyl (C=O) groups is 1. The van der Waals surface area contributed by atoms with E-state index in [4.69, 9.17) is 10.6 Å².